The molecular weight excluding hydrogens is 377 g/mol. The Balaban J connectivity index is 2.06. The van der Waals surface area contributed by atoms with Crippen LogP contribution in [0.4, 0.5) is 0 Å². The van der Waals surface area contributed by atoms with Crippen LogP contribution in [0.2, 0.25) is 0 Å². The second-order valence-electron chi connectivity index (χ2n) is 6.33. The monoisotopic (exact) mass is 399 g/mol. The number of nitrogens with zero attached hydrogens (tertiary/aromatic N) is 1. The SMILES string of the molecule is CC(C1C=CC(P(c2ccccc2)c2ccccc2)=C1Br)N(C)C. The molecule has 124 valence electrons. The highest BCUT2D eigenvalue weighted by Gasteiger charge is 2.30. The van der Waals surface area contributed by atoms with Crippen LogP contribution in [0, 0.1) is 5.92 Å². The van der Waals surface area contributed by atoms with Crippen molar-refractivity contribution in [3.63, 3.8) is 0 Å². The maximum Gasteiger partial charge on any atom is 0.0247 e. The predicted octanol–water partition coefficient (Wildman–Crippen LogP) is 4.86. The third-order valence-electron chi connectivity index (χ3n) is 4.60. The highest BCUT2D eigenvalue weighted by atomic mass is 79.9. The summed E-state index contributed by atoms with van der Waals surface area (Å²) in [6.45, 7) is 2.28. The summed E-state index contributed by atoms with van der Waals surface area (Å²) in [4.78, 5) is 2.28. The molecule has 0 radical (unpaired) electrons. The number of halogens is 1. The molecule has 0 N–H and O–H groups in total. The van der Waals surface area contributed by atoms with Crippen LogP contribution in [0.25, 0.3) is 0 Å². The van der Waals surface area contributed by atoms with Gasteiger partial charge in [-0.1, -0.05) is 88.7 Å². The molecule has 3 heteroatoms. The molecule has 24 heavy (non-hydrogen) atoms. The molecule has 2 aromatic carbocycles. The Kier molecular flexibility index (Phi) is 5.71. The summed E-state index contributed by atoms with van der Waals surface area (Å²) in [7, 11) is 3.76. The average molecular weight is 400 g/mol. The largest absolute Gasteiger partial charge is 0.306 e. The van der Waals surface area contributed by atoms with Crippen molar-refractivity contribution in [1.29, 1.82) is 0 Å². The average Bonchev–Trinajstić information content (AvgIpc) is 2.98. The van der Waals surface area contributed by atoms with Crippen molar-refractivity contribution in [1.82, 2.24) is 4.90 Å². The lowest BCUT2D eigenvalue weighted by Crippen LogP contribution is -2.31. The summed E-state index contributed by atoms with van der Waals surface area (Å²) >= 11 is 3.94. The van der Waals surface area contributed by atoms with Gasteiger partial charge in [0.05, 0.1) is 0 Å². The zero-order chi connectivity index (χ0) is 17.1. The molecule has 0 saturated carbocycles. The normalized spacial score (nSPS) is 18.7. The van der Waals surface area contributed by atoms with E-state index in [2.05, 4.69) is 115 Å². The van der Waals surface area contributed by atoms with Crippen molar-refractivity contribution in [2.24, 2.45) is 5.92 Å². The van der Waals surface area contributed by atoms with Crippen LogP contribution in [-0.4, -0.2) is 25.0 Å². The number of hydrogen-bond acceptors (Lipinski definition) is 1. The Bertz CT molecular complexity index is 697. The fraction of sp³-hybridized carbons (Fsp3) is 0.238. The summed E-state index contributed by atoms with van der Waals surface area (Å²) in [6.07, 6.45) is 4.69. The van der Waals surface area contributed by atoms with E-state index in [1.54, 1.807) is 0 Å². The van der Waals surface area contributed by atoms with Crippen molar-refractivity contribution in [3.05, 3.63) is 82.6 Å². The van der Waals surface area contributed by atoms with Gasteiger partial charge in [0.15, 0.2) is 0 Å². The van der Waals surface area contributed by atoms with Crippen molar-refractivity contribution < 1.29 is 0 Å². The maximum atomic E-state index is 3.94. The van der Waals surface area contributed by atoms with E-state index in [9.17, 15) is 0 Å². The molecule has 0 amide bonds. The van der Waals surface area contributed by atoms with E-state index >= 15 is 0 Å². The van der Waals surface area contributed by atoms with Gasteiger partial charge in [0.2, 0.25) is 0 Å². The van der Waals surface area contributed by atoms with Crippen molar-refractivity contribution in [2.75, 3.05) is 14.1 Å². The molecule has 1 aliphatic carbocycles. The number of rotatable bonds is 5. The highest BCUT2D eigenvalue weighted by Crippen LogP contribution is 2.51. The molecular formula is C21H23BrNP. The van der Waals surface area contributed by atoms with Crippen LogP contribution in [0.15, 0.2) is 82.6 Å². The zero-order valence-electron chi connectivity index (χ0n) is 14.4. The quantitative estimate of drug-likeness (QED) is 0.648. The van der Waals surface area contributed by atoms with Crippen molar-refractivity contribution in [3.8, 4) is 0 Å². The van der Waals surface area contributed by atoms with E-state index < -0.39 is 7.92 Å². The lowest BCUT2D eigenvalue weighted by molar-refractivity contribution is 0.281. The Morgan fingerprint density at radius 1 is 0.917 bits per heavy atom. The highest BCUT2D eigenvalue weighted by molar-refractivity contribution is 9.11. The first-order valence-electron chi connectivity index (χ1n) is 8.24. The van der Waals surface area contributed by atoms with E-state index in [-0.39, 0.29) is 0 Å². The minimum atomic E-state index is -0.535. The van der Waals surface area contributed by atoms with Crippen molar-refractivity contribution in [2.45, 2.75) is 13.0 Å². The summed E-state index contributed by atoms with van der Waals surface area (Å²) in [5.74, 6) is 0.424. The van der Waals surface area contributed by atoms with Crippen LogP contribution in [-0.2, 0) is 0 Å². The van der Waals surface area contributed by atoms with Gasteiger partial charge >= 0.3 is 0 Å². The third-order valence-corrected chi connectivity index (χ3v) is 8.37. The van der Waals surface area contributed by atoms with Crippen LogP contribution in [0.5, 0.6) is 0 Å². The van der Waals surface area contributed by atoms with Crippen LogP contribution < -0.4 is 10.6 Å². The first-order chi connectivity index (χ1) is 11.6. The van der Waals surface area contributed by atoms with Crippen LogP contribution in [0.3, 0.4) is 0 Å². The molecule has 0 bridgehead atoms. The number of benzene rings is 2. The molecule has 1 aliphatic rings. The minimum absolute atomic E-state index is 0.424. The first-order valence-corrected chi connectivity index (χ1v) is 10.4. The lowest BCUT2D eigenvalue weighted by atomic mass is 10.0. The molecule has 2 unspecified atom stereocenters. The van der Waals surface area contributed by atoms with Gasteiger partial charge in [-0.25, -0.2) is 0 Å². The second-order valence-corrected chi connectivity index (χ2v) is 9.37. The topological polar surface area (TPSA) is 3.24 Å². The molecule has 2 aromatic rings. The summed E-state index contributed by atoms with van der Waals surface area (Å²) in [5, 5.41) is 4.23. The minimum Gasteiger partial charge on any atom is -0.306 e. The number of hydrogen-bond donors (Lipinski definition) is 0. The Labute approximate surface area is 155 Å². The standard InChI is InChI=1S/C21H23BrNP/c1-16(23(2)3)19-14-15-20(21(19)22)24(17-10-6-4-7-11-17)18-12-8-5-9-13-18/h4-16,19H,1-3H3. The summed E-state index contributed by atoms with van der Waals surface area (Å²) in [5.41, 5.74) is 0. The van der Waals surface area contributed by atoms with Crippen LogP contribution >= 0.6 is 23.9 Å². The molecule has 0 heterocycles. The van der Waals surface area contributed by atoms with E-state index in [1.807, 2.05) is 0 Å². The fourth-order valence-corrected chi connectivity index (χ4v) is 6.58. The van der Waals surface area contributed by atoms with Crippen LogP contribution in [0.1, 0.15) is 6.92 Å². The smallest absolute Gasteiger partial charge is 0.0247 e. The molecule has 0 fully saturated rings. The lowest BCUT2D eigenvalue weighted by Gasteiger charge is -2.27. The Hall–Kier alpha value is -1.21. The van der Waals surface area contributed by atoms with Gasteiger partial charge in [0, 0.05) is 16.4 Å². The zero-order valence-corrected chi connectivity index (χ0v) is 16.8. The molecule has 0 aromatic heterocycles. The van der Waals surface area contributed by atoms with E-state index in [1.165, 1.54) is 20.4 Å². The van der Waals surface area contributed by atoms with Crippen molar-refractivity contribution >= 4 is 34.5 Å². The first kappa shape index (κ1) is 17.6. The molecule has 0 aliphatic heterocycles. The number of allylic oxidation sites excluding steroid dienone is 2. The van der Waals surface area contributed by atoms with Gasteiger partial charge in [-0.3, -0.25) is 0 Å². The molecule has 0 saturated heterocycles. The maximum absolute atomic E-state index is 3.94. The van der Waals surface area contributed by atoms with Gasteiger partial charge in [0.25, 0.3) is 0 Å². The Morgan fingerprint density at radius 2 is 1.42 bits per heavy atom. The molecule has 0 spiro atoms. The van der Waals surface area contributed by atoms with Gasteiger partial charge in [-0.15, -0.1) is 0 Å². The van der Waals surface area contributed by atoms with E-state index in [0.717, 1.165) is 0 Å². The predicted molar refractivity (Wildman–Crippen MR) is 111 cm³/mol. The second kappa shape index (κ2) is 7.78. The van der Waals surface area contributed by atoms with Gasteiger partial charge < -0.3 is 4.90 Å². The fourth-order valence-electron chi connectivity index (χ4n) is 2.99. The van der Waals surface area contributed by atoms with Gasteiger partial charge in [-0.2, -0.15) is 0 Å². The van der Waals surface area contributed by atoms with E-state index in [4.69, 9.17) is 0 Å². The molecule has 1 nitrogen and oxygen atoms in total. The molecule has 2 atom stereocenters. The summed E-state index contributed by atoms with van der Waals surface area (Å²) < 4.78 is 1.34. The van der Waals surface area contributed by atoms with Gasteiger partial charge in [-0.05, 0) is 44.9 Å². The van der Waals surface area contributed by atoms with Gasteiger partial charge in [0.1, 0.15) is 0 Å². The van der Waals surface area contributed by atoms with E-state index in [0.29, 0.717) is 12.0 Å². The Morgan fingerprint density at radius 3 is 1.88 bits per heavy atom. The third kappa shape index (κ3) is 3.57. The summed E-state index contributed by atoms with van der Waals surface area (Å²) in [6, 6.07) is 22.2. The molecule has 3 rings (SSSR count).